The van der Waals surface area contributed by atoms with Gasteiger partial charge in [0.1, 0.15) is 5.58 Å². The van der Waals surface area contributed by atoms with Gasteiger partial charge in [0.05, 0.1) is 11.1 Å². The Morgan fingerprint density at radius 1 is 1.08 bits per heavy atom. The fourth-order valence-electron chi connectivity index (χ4n) is 2.76. The second kappa shape index (κ2) is 5.74. The lowest BCUT2D eigenvalue weighted by molar-refractivity contribution is 0.652. The molecule has 0 unspecified atom stereocenters. The first-order valence-electron chi connectivity index (χ1n) is 7.69. The van der Waals surface area contributed by atoms with Gasteiger partial charge in [-0.1, -0.05) is 36.9 Å². The van der Waals surface area contributed by atoms with Crippen LogP contribution in [0.25, 0.3) is 38.9 Å². The molecule has 3 aromatic heterocycles. The highest BCUT2D eigenvalue weighted by Gasteiger charge is 2.17. The highest BCUT2D eigenvalue weighted by Crippen LogP contribution is 2.35. The third kappa shape index (κ3) is 2.29. The van der Waals surface area contributed by atoms with E-state index in [9.17, 15) is 0 Å². The Balaban J connectivity index is 2.10. The van der Waals surface area contributed by atoms with Crippen LogP contribution in [0.3, 0.4) is 0 Å². The minimum absolute atomic E-state index is 0.562. The molecule has 116 valence electrons. The lowest BCUT2D eigenvalue weighted by atomic mass is 10.1. The maximum absolute atomic E-state index is 5.95. The summed E-state index contributed by atoms with van der Waals surface area (Å²) in [4.78, 5) is 13.4. The number of allylic oxidation sites excluding steroid dienone is 3. The van der Waals surface area contributed by atoms with Crippen LogP contribution in [0.15, 0.2) is 71.9 Å². The van der Waals surface area contributed by atoms with E-state index >= 15 is 0 Å². The summed E-state index contributed by atoms with van der Waals surface area (Å²) in [5.74, 6) is 0.562. The van der Waals surface area contributed by atoms with Crippen LogP contribution in [0.2, 0.25) is 0 Å². The van der Waals surface area contributed by atoms with E-state index in [1.165, 1.54) is 0 Å². The maximum atomic E-state index is 5.95. The van der Waals surface area contributed by atoms with Crippen molar-refractivity contribution in [2.45, 2.75) is 6.92 Å². The smallest absolute Gasteiger partial charge is 0.231 e. The van der Waals surface area contributed by atoms with Gasteiger partial charge >= 0.3 is 0 Å². The van der Waals surface area contributed by atoms with Crippen molar-refractivity contribution < 1.29 is 4.42 Å². The minimum atomic E-state index is 0.562. The first-order valence-corrected chi connectivity index (χ1v) is 7.69. The normalized spacial score (nSPS) is 11.5. The van der Waals surface area contributed by atoms with Crippen molar-refractivity contribution in [1.82, 2.24) is 15.0 Å². The van der Waals surface area contributed by atoms with Gasteiger partial charge in [0.25, 0.3) is 0 Å². The standard InChI is InChI=1S/C20H15N3O/c1-3-6-13(2)19-22-18(14-9-11-21-12-10-14)17-15-7-4-5-8-16(15)24-20(17)23-19/h3-12H,2H2,1H3. The molecule has 3 heterocycles. The Morgan fingerprint density at radius 2 is 1.88 bits per heavy atom. The van der Waals surface area contributed by atoms with Gasteiger partial charge in [-0.25, -0.2) is 4.98 Å². The van der Waals surface area contributed by atoms with Crippen molar-refractivity contribution in [3.63, 3.8) is 0 Å². The molecule has 0 aliphatic heterocycles. The summed E-state index contributed by atoms with van der Waals surface area (Å²) < 4.78 is 5.95. The Morgan fingerprint density at radius 3 is 2.67 bits per heavy atom. The van der Waals surface area contributed by atoms with E-state index in [0.29, 0.717) is 11.5 Å². The topological polar surface area (TPSA) is 51.8 Å². The molecule has 1 aromatic carbocycles. The molecule has 4 heteroatoms. The molecule has 0 amide bonds. The fourth-order valence-corrected chi connectivity index (χ4v) is 2.76. The minimum Gasteiger partial charge on any atom is -0.438 e. The van der Waals surface area contributed by atoms with E-state index < -0.39 is 0 Å². The molecule has 0 bridgehead atoms. The van der Waals surface area contributed by atoms with E-state index in [2.05, 4.69) is 16.5 Å². The number of pyridine rings is 1. The van der Waals surface area contributed by atoms with Crippen LogP contribution in [0.4, 0.5) is 0 Å². The number of benzene rings is 1. The molecule has 0 saturated carbocycles. The van der Waals surface area contributed by atoms with E-state index in [4.69, 9.17) is 9.40 Å². The maximum Gasteiger partial charge on any atom is 0.231 e. The number of aromatic nitrogens is 3. The molecular formula is C20H15N3O. The van der Waals surface area contributed by atoms with Crippen LogP contribution in [0.1, 0.15) is 12.7 Å². The Labute approximate surface area is 139 Å². The number of hydrogen-bond donors (Lipinski definition) is 0. The van der Waals surface area contributed by atoms with Crippen LogP contribution in [0.5, 0.6) is 0 Å². The largest absolute Gasteiger partial charge is 0.438 e. The number of fused-ring (bicyclic) bond motifs is 3. The molecule has 0 aliphatic rings. The molecule has 0 aliphatic carbocycles. The molecule has 4 aromatic rings. The number of furan rings is 1. The zero-order valence-corrected chi connectivity index (χ0v) is 13.2. The van der Waals surface area contributed by atoms with Crippen molar-refractivity contribution in [2.24, 2.45) is 0 Å². The molecule has 0 fully saturated rings. The van der Waals surface area contributed by atoms with Gasteiger partial charge in [0.15, 0.2) is 5.82 Å². The molecule has 24 heavy (non-hydrogen) atoms. The molecule has 4 nitrogen and oxygen atoms in total. The SMILES string of the molecule is C=C(C=CC)c1nc(-c2ccncc2)c2c(n1)oc1ccccc12. The summed E-state index contributed by atoms with van der Waals surface area (Å²) in [7, 11) is 0. The Hall–Kier alpha value is -3.27. The summed E-state index contributed by atoms with van der Waals surface area (Å²) in [5, 5.41) is 1.91. The number of para-hydroxylation sites is 1. The molecule has 0 N–H and O–H groups in total. The lowest BCUT2D eigenvalue weighted by Crippen LogP contribution is -1.96. The first-order chi connectivity index (χ1) is 11.8. The number of nitrogens with zero attached hydrogens (tertiary/aromatic N) is 3. The average Bonchev–Trinajstić information content (AvgIpc) is 3.00. The van der Waals surface area contributed by atoms with Crippen molar-refractivity contribution in [2.75, 3.05) is 0 Å². The highest BCUT2D eigenvalue weighted by atomic mass is 16.3. The number of hydrogen-bond acceptors (Lipinski definition) is 4. The molecule has 0 radical (unpaired) electrons. The van der Waals surface area contributed by atoms with Crippen molar-refractivity contribution in [3.05, 3.63) is 73.3 Å². The summed E-state index contributed by atoms with van der Waals surface area (Å²) in [6.07, 6.45) is 7.32. The van der Waals surface area contributed by atoms with Crippen LogP contribution in [-0.4, -0.2) is 15.0 Å². The van der Waals surface area contributed by atoms with Crippen LogP contribution < -0.4 is 0 Å². The van der Waals surface area contributed by atoms with Gasteiger partial charge in [0.2, 0.25) is 5.71 Å². The summed E-state index contributed by atoms with van der Waals surface area (Å²) in [6.45, 7) is 5.98. The predicted molar refractivity (Wildman–Crippen MR) is 96.4 cm³/mol. The van der Waals surface area contributed by atoms with Crippen molar-refractivity contribution >= 4 is 27.6 Å². The van der Waals surface area contributed by atoms with Crippen molar-refractivity contribution in [1.29, 1.82) is 0 Å². The second-order valence-electron chi connectivity index (χ2n) is 5.44. The Kier molecular flexibility index (Phi) is 3.43. The summed E-state index contributed by atoms with van der Waals surface area (Å²) in [5.41, 5.74) is 3.91. The summed E-state index contributed by atoms with van der Waals surface area (Å²) >= 11 is 0. The predicted octanol–water partition coefficient (Wildman–Crippen LogP) is 5.03. The molecule has 4 rings (SSSR count). The van der Waals surface area contributed by atoms with Crippen molar-refractivity contribution in [3.8, 4) is 11.3 Å². The van der Waals surface area contributed by atoms with E-state index in [0.717, 1.165) is 33.2 Å². The fraction of sp³-hybridized carbons (Fsp3) is 0.0500. The molecule has 0 atom stereocenters. The quantitative estimate of drug-likeness (QED) is 0.498. The lowest BCUT2D eigenvalue weighted by Gasteiger charge is -2.06. The van der Waals surface area contributed by atoms with Gasteiger partial charge in [-0.2, -0.15) is 4.98 Å². The average molecular weight is 313 g/mol. The third-order valence-electron chi connectivity index (χ3n) is 3.85. The number of rotatable bonds is 3. The third-order valence-corrected chi connectivity index (χ3v) is 3.85. The van der Waals surface area contributed by atoms with Crippen LogP contribution in [0, 0.1) is 0 Å². The summed E-state index contributed by atoms with van der Waals surface area (Å²) in [6, 6.07) is 11.8. The zero-order chi connectivity index (χ0) is 16.5. The van der Waals surface area contributed by atoms with Gasteiger partial charge in [-0.3, -0.25) is 4.98 Å². The molecular weight excluding hydrogens is 298 g/mol. The zero-order valence-electron chi connectivity index (χ0n) is 13.2. The van der Waals surface area contributed by atoms with E-state index in [-0.39, 0.29) is 0 Å². The van der Waals surface area contributed by atoms with Gasteiger partial charge in [-0.15, -0.1) is 0 Å². The van der Waals surface area contributed by atoms with Crippen LogP contribution >= 0.6 is 0 Å². The Bertz CT molecular complexity index is 1080. The molecule has 0 saturated heterocycles. The monoisotopic (exact) mass is 313 g/mol. The first kappa shape index (κ1) is 14.3. The van der Waals surface area contributed by atoms with E-state index in [1.54, 1.807) is 12.4 Å². The highest BCUT2D eigenvalue weighted by molar-refractivity contribution is 6.10. The second-order valence-corrected chi connectivity index (χ2v) is 5.44. The molecule has 0 spiro atoms. The van der Waals surface area contributed by atoms with Gasteiger partial charge in [0, 0.05) is 28.9 Å². The van der Waals surface area contributed by atoms with E-state index in [1.807, 2.05) is 55.5 Å². The van der Waals surface area contributed by atoms with Crippen LogP contribution in [-0.2, 0) is 0 Å². The van der Waals surface area contributed by atoms with Gasteiger partial charge in [-0.05, 0) is 25.1 Å². The van der Waals surface area contributed by atoms with Gasteiger partial charge < -0.3 is 4.42 Å².